The van der Waals surface area contributed by atoms with Crippen molar-refractivity contribution in [3.8, 4) is 0 Å². The fourth-order valence-electron chi connectivity index (χ4n) is 3.75. The quantitative estimate of drug-likeness (QED) is 0.783. The summed E-state index contributed by atoms with van der Waals surface area (Å²) in [4.78, 5) is 5.25. The van der Waals surface area contributed by atoms with Crippen LogP contribution in [0.3, 0.4) is 0 Å². The second-order valence-corrected chi connectivity index (χ2v) is 7.16. The van der Waals surface area contributed by atoms with Crippen LogP contribution in [0, 0.1) is 5.92 Å². The van der Waals surface area contributed by atoms with Gasteiger partial charge in [-0.2, -0.15) is 0 Å². The first-order chi connectivity index (χ1) is 10.6. The highest BCUT2D eigenvalue weighted by molar-refractivity contribution is 5.06. The van der Waals surface area contributed by atoms with E-state index in [1.165, 1.54) is 31.5 Å². The predicted octanol–water partition coefficient (Wildman–Crippen LogP) is 3.10. The minimum Gasteiger partial charge on any atom is -0.360 e. The van der Waals surface area contributed by atoms with Crippen LogP contribution >= 0.6 is 0 Å². The van der Waals surface area contributed by atoms with Crippen molar-refractivity contribution < 1.29 is 4.52 Å². The summed E-state index contributed by atoms with van der Waals surface area (Å²) in [6, 6.07) is 2.82. The van der Waals surface area contributed by atoms with E-state index in [9.17, 15) is 0 Å². The summed E-state index contributed by atoms with van der Waals surface area (Å²) in [5.41, 5.74) is 2.49. The first kappa shape index (κ1) is 15.8. The van der Waals surface area contributed by atoms with Crippen molar-refractivity contribution in [2.45, 2.75) is 52.6 Å². The molecular formula is C18H29N3O. The Hall–Kier alpha value is -1.13. The van der Waals surface area contributed by atoms with E-state index in [1.54, 1.807) is 0 Å². The fraction of sp³-hybridized carbons (Fsp3) is 0.722. The summed E-state index contributed by atoms with van der Waals surface area (Å²) >= 11 is 0. The van der Waals surface area contributed by atoms with Crippen molar-refractivity contribution in [2.75, 3.05) is 26.2 Å². The maximum absolute atomic E-state index is 5.48. The van der Waals surface area contributed by atoms with E-state index in [4.69, 9.17) is 4.52 Å². The monoisotopic (exact) mass is 303 g/mol. The second-order valence-electron chi connectivity index (χ2n) is 7.16. The van der Waals surface area contributed by atoms with Crippen LogP contribution in [0.15, 0.2) is 22.2 Å². The molecule has 3 saturated heterocycles. The summed E-state index contributed by atoms with van der Waals surface area (Å²) in [6.07, 6.45) is 6.04. The number of aromatic nitrogens is 1. The third kappa shape index (κ3) is 3.79. The molecule has 0 aromatic carbocycles. The molecule has 0 radical (unpaired) electrons. The molecule has 1 aromatic rings. The fourth-order valence-corrected chi connectivity index (χ4v) is 3.75. The highest BCUT2D eigenvalue weighted by Gasteiger charge is 2.34. The van der Waals surface area contributed by atoms with Crippen molar-refractivity contribution >= 4 is 0 Å². The van der Waals surface area contributed by atoms with Gasteiger partial charge in [0.05, 0.1) is 12.2 Å². The molecule has 0 amide bonds. The molecule has 22 heavy (non-hydrogen) atoms. The van der Waals surface area contributed by atoms with Crippen LogP contribution in [0.25, 0.3) is 0 Å². The first-order valence-electron chi connectivity index (χ1n) is 8.68. The first-order valence-corrected chi connectivity index (χ1v) is 8.68. The highest BCUT2D eigenvalue weighted by atomic mass is 16.5. The lowest BCUT2D eigenvalue weighted by molar-refractivity contribution is 0.145. The largest absolute Gasteiger partial charge is 0.360 e. The van der Waals surface area contributed by atoms with E-state index in [0.717, 1.165) is 43.4 Å². The van der Waals surface area contributed by atoms with Gasteiger partial charge >= 0.3 is 0 Å². The van der Waals surface area contributed by atoms with Crippen molar-refractivity contribution in [3.05, 3.63) is 29.2 Å². The number of allylic oxidation sites excluding steroid dienone is 1. The molecule has 122 valence electrons. The molecule has 4 rings (SSSR count). The van der Waals surface area contributed by atoms with E-state index >= 15 is 0 Å². The van der Waals surface area contributed by atoms with E-state index in [-0.39, 0.29) is 0 Å². The van der Waals surface area contributed by atoms with Gasteiger partial charge in [0, 0.05) is 38.3 Å². The summed E-state index contributed by atoms with van der Waals surface area (Å²) in [5.74, 6) is 1.83. The van der Waals surface area contributed by atoms with Crippen molar-refractivity contribution in [1.82, 2.24) is 15.0 Å². The number of hydrogen-bond donors (Lipinski definition) is 0. The van der Waals surface area contributed by atoms with Gasteiger partial charge < -0.3 is 4.52 Å². The summed E-state index contributed by atoms with van der Waals surface area (Å²) in [6.45, 7) is 12.1. The van der Waals surface area contributed by atoms with E-state index in [1.807, 2.05) is 0 Å². The zero-order valence-corrected chi connectivity index (χ0v) is 14.2. The van der Waals surface area contributed by atoms with Gasteiger partial charge in [-0.1, -0.05) is 23.7 Å². The van der Waals surface area contributed by atoms with Gasteiger partial charge in [-0.3, -0.25) is 9.80 Å². The van der Waals surface area contributed by atoms with Crippen molar-refractivity contribution in [3.63, 3.8) is 0 Å². The molecule has 2 bridgehead atoms. The number of aryl methyl sites for hydroxylation is 1. The minimum atomic E-state index is 0.697. The van der Waals surface area contributed by atoms with Crippen LogP contribution in [0.5, 0.6) is 0 Å². The third-order valence-electron chi connectivity index (χ3n) is 4.99. The molecule has 0 spiro atoms. The lowest BCUT2D eigenvalue weighted by Crippen LogP contribution is -2.43. The van der Waals surface area contributed by atoms with Crippen molar-refractivity contribution in [2.24, 2.45) is 5.92 Å². The smallest absolute Gasteiger partial charge is 0.150 e. The Morgan fingerprint density at radius 2 is 2.18 bits per heavy atom. The Bertz CT molecular complexity index is 518. The number of hydrogen-bond acceptors (Lipinski definition) is 4. The maximum atomic E-state index is 5.48. The standard InChI is InChI=1S/C18H29N3O/c1-4-16-9-18(22-19-16)13-20-10-15-5-6-17(12-20)21(11-15)8-7-14(2)3/h7,9,15,17H,4-6,8,10-13H2,1-3H3/t15-,17+/m0/s1. The maximum Gasteiger partial charge on any atom is 0.150 e. The zero-order valence-electron chi connectivity index (χ0n) is 14.2. The molecule has 2 atom stereocenters. The molecule has 0 saturated carbocycles. The normalized spacial score (nSPS) is 26.1. The number of rotatable bonds is 5. The topological polar surface area (TPSA) is 32.5 Å². The Balaban J connectivity index is 1.63. The van der Waals surface area contributed by atoms with Gasteiger partial charge in [-0.15, -0.1) is 0 Å². The third-order valence-corrected chi connectivity index (χ3v) is 4.99. The lowest BCUT2D eigenvalue weighted by atomic mass is 9.95. The van der Waals surface area contributed by atoms with Gasteiger partial charge in [0.25, 0.3) is 0 Å². The van der Waals surface area contributed by atoms with E-state index in [2.05, 4.69) is 47.9 Å². The SMILES string of the molecule is CCc1cc(CN2C[C@@H]3CC[C@H](C2)N(CC=C(C)C)C3)on1. The van der Waals surface area contributed by atoms with Crippen LogP contribution in [-0.2, 0) is 13.0 Å². The molecule has 4 nitrogen and oxygen atoms in total. The Kier molecular flexibility index (Phi) is 4.99. The molecule has 4 heteroatoms. The summed E-state index contributed by atoms with van der Waals surface area (Å²) < 4.78 is 5.48. The number of fused-ring (bicyclic) bond motifs is 4. The molecule has 3 fully saturated rings. The average Bonchev–Trinajstić information content (AvgIpc) is 2.77. The Morgan fingerprint density at radius 1 is 1.32 bits per heavy atom. The summed E-state index contributed by atoms with van der Waals surface area (Å²) in [7, 11) is 0. The van der Waals surface area contributed by atoms with Gasteiger partial charge in [-0.25, -0.2) is 0 Å². The molecule has 0 unspecified atom stereocenters. The Labute approximate surface area is 134 Å². The predicted molar refractivity (Wildman–Crippen MR) is 88.7 cm³/mol. The zero-order chi connectivity index (χ0) is 15.5. The van der Waals surface area contributed by atoms with Crippen LogP contribution in [0.1, 0.15) is 45.1 Å². The molecule has 1 aromatic heterocycles. The minimum absolute atomic E-state index is 0.697. The van der Waals surface area contributed by atoms with E-state index in [0.29, 0.717) is 6.04 Å². The van der Waals surface area contributed by atoms with Gasteiger partial charge in [-0.05, 0) is 39.0 Å². The molecule has 3 aliphatic rings. The molecular weight excluding hydrogens is 274 g/mol. The van der Waals surface area contributed by atoms with Gasteiger partial charge in [0.15, 0.2) is 5.76 Å². The number of nitrogens with zero attached hydrogens (tertiary/aromatic N) is 3. The number of piperidine rings is 1. The molecule has 0 aliphatic carbocycles. The summed E-state index contributed by atoms with van der Waals surface area (Å²) in [5, 5.41) is 4.12. The van der Waals surface area contributed by atoms with Gasteiger partial charge in [0.2, 0.25) is 0 Å². The molecule has 3 aliphatic heterocycles. The van der Waals surface area contributed by atoms with E-state index < -0.39 is 0 Å². The lowest BCUT2D eigenvalue weighted by Gasteiger charge is -2.35. The average molecular weight is 303 g/mol. The van der Waals surface area contributed by atoms with Crippen LogP contribution < -0.4 is 0 Å². The van der Waals surface area contributed by atoms with Crippen LogP contribution in [0.2, 0.25) is 0 Å². The Morgan fingerprint density at radius 3 is 2.91 bits per heavy atom. The van der Waals surface area contributed by atoms with Crippen molar-refractivity contribution in [1.29, 1.82) is 0 Å². The van der Waals surface area contributed by atoms with Gasteiger partial charge in [0.1, 0.15) is 0 Å². The molecule has 0 N–H and O–H groups in total. The molecule has 4 heterocycles. The van der Waals surface area contributed by atoms with Crippen LogP contribution in [0.4, 0.5) is 0 Å². The van der Waals surface area contributed by atoms with Crippen LogP contribution in [-0.4, -0.2) is 47.2 Å². The second kappa shape index (κ2) is 6.97. The highest BCUT2D eigenvalue weighted by Crippen LogP contribution is 2.28.